The number of hydrogen-bond acceptors (Lipinski definition) is 7. The summed E-state index contributed by atoms with van der Waals surface area (Å²) in [5.74, 6) is 0.590. The lowest BCUT2D eigenvalue weighted by Gasteiger charge is -2.38. The Kier molecular flexibility index (Phi) is 8.05. The monoisotopic (exact) mass is 524 g/mol. The first-order valence-corrected chi connectivity index (χ1v) is 14.4. The fourth-order valence-electron chi connectivity index (χ4n) is 3.61. The molecule has 36 heavy (non-hydrogen) atoms. The Balaban J connectivity index is 1.89. The maximum absolute atomic E-state index is 13.7. The number of ether oxygens (including phenoxy) is 2. The van der Waals surface area contributed by atoms with Gasteiger partial charge in [0, 0.05) is 46.1 Å². The topological polar surface area (TPSA) is 87.6 Å². The molecule has 188 valence electrons. The van der Waals surface area contributed by atoms with Crippen LogP contribution in [0.25, 0.3) is 0 Å². The summed E-state index contributed by atoms with van der Waals surface area (Å²) in [4.78, 5) is 10.5. The highest BCUT2D eigenvalue weighted by atomic mass is 32.3. The van der Waals surface area contributed by atoms with E-state index in [4.69, 9.17) is 13.1 Å². The molecule has 0 aliphatic heterocycles. The average molecular weight is 525 g/mol. The molecule has 2 aromatic carbocycles. The second-order valence-electron chi connectivity index (χ2n) is 7.88. The van der Waals surface area contributed by atoms with E-state index in [9.17, 15) is 8.42 Å². The summed E-state index contributed by atoms with van der Waals surface area (Å²) >= 11 is 0. The smallest absolute Gasteiger partial charge is 0.307 e. The van der Waals surface area contributed by atoms with Gasteiger partial charge in [0.2, 0.25) is 0 Å². The summed E-state index contributed by atoms with van der Waals surface area (Å²) in [5, 5.41) is 0. The molecule has 1 atom stereocenters. The fourth-order valence-corrected chi connectivity index (χ4v) is 8.71. The molecule has 0 bridgehead atoms. The van der Waals surface area contributed by atoms with E-state index in [0.29, 0.717) is 27.0 Å². The number of nitrogens with zero attached hydrogens (tertiary/aromatic N) is 2. The van der Waals surface area contributed by atoms with Crippen LogP contribution in [0, 0.1) is 6.92 Å². The molecule has 7 nitrogen and oxygen atoms in total. The van der Waals surface area contributed by atoms with Gasteiger partial charge >= 0.3 is 10.1 Å². The van der Waals surface area contributed by atoms with Gasteiger partial charge in [-0.1, -0.05) is 17.7 Å². The highest BCUT2D eigenvalue weighted by molar-refractivity contribution is 8.33. The first-order chi connectivity index (χ1) is 17.3. The predicted molar refractivity (Wildman–Crippen MR) is 138 cm³/mol. The molecule has 0 aliphatic carbocycles. The molecule has 2 heterocycles. The number of benzene rings is 2. The molecular weight excluding hydrogens is 496 g/mol. The SMILES string of the molecule is CCOC(C)Oc1ccc(S(OS(=O)(=O)c2ccc(C)cc2)(c2cccnc2)c2cccnc2)cc1. The standard InChI is InChI=1S/C27H28N2O5S2/c1-4-32-22(3)33-23-11-15-24(16-12-23)35(26-7-5-17-28-19-26,27-8-6-18-29-20-27)34-36(30,31)25-13-9-21(2)10-14-25/h5-20,22H,4H2,1-3H3. The lowest BCUT2D eigenvalue weighted by atomic mass is 10.2. The predicted octanol–water partition coefficient (Wildman–Crippen LogP) is 6.15. The first-order valence-electron chi connectivity index (χ1n) is 11.4. The first kappa shape index (κ1) is 25.8. The summed E-state index contributed by atoms with van der Waals surface area (Å²) in [6, 6.07) is 20.9. The fraction of sp³-hybridized carbons (Fsp3) is 0.185. The molecule has 0 saturated heterocycles. The maximum atomic E-state index is 13.7. The molecule has 0 radical (unpaired) electrons. The lowest BCUT2D eigenvalue weighted by Crippen LogP contribution is -2.16. The van der Waals surface area contributed by atoms with Crippen molar-refractivity contribution >= 4 is 20.4 Å². The third-order valence-corrected chi connectivity index (χ3v) is 10.4. The van der Waals surface area contributed by atoms with E-state index in [2.05, 4.69) is 9.97 Å². The van der Waals surface area contributed by atoms with Gasteiger partial charge in [-0.25, -0.2) is 3.63 Å². The lowest BCUT2D eigenvalue weighted by molar-refractivity contribution is -0.0613. The van der Waals surface area contributed by atoms with Crippen LogP contribution >= 0.6 is 10.3 Å². The normalized spacial score (nSPS) is 13.2. The zero-order valence-electron chi connectivity index (χ0n) is 20.3. The number of hydrogen-bond donors (Lipinski definition) is 0. The molecule has 2 aromatic heterocycles. The Morgan fingerprint density at radius 1 is 0.778 bits per heavy atom. The molecule has 4 aromatic rings. The summed E-state index contributed by atoms with van der Waals surface area (Å²) in [6.45, 7) is 6.14. The third kappa shape index (κ3) is 5.60. The third-order valence-electron chi connectivity index (χ3n) is 5.29. The Morgan fingerprint density at radius 2 is 1.33 bits per heavy atom. The molecule has 0 aliphatic rings. The molecule has 0 amide bonds. The van der Waals surface area contributed by atoms with Crippen LogP contribution in [0.4, 0.5) is 0 Å². The number of rotatable bonds is 10. The van der Waals surface area contributed by atoms with Crippen molar-refractivity contribution in [2.75, 3.05) is 6.61 Å². The highest BCUT2D eigenvalue weighted by Crippen LogP contribution is 2.70. The van der Waals surface area contributed by atoms with Gasteiger partial charge in [0.15, 0.2) is 6.29 Å². The van der Waals surface area contributed by atoms with E-state index in [1.165, 1.54) is 0 Å². The van der Waals surface area contributed by atoms with Gasteiger partial charge in [-0.3, -0.25) is 9.97 Å². The van der Waals surface area contributed by atoms with Crippen LogP contribution < -0.4 is 4.74 Å². The van der Waals surface area contributed by atoms with Crippen LogP contribution in [0.1, 0.15) is 19.4 Å². The van der Waals surface area contributed by atoms with Gasteiger partial charge in [-0.15, -0.1) is 0 Å². The highest BCUT2D eigenvalue weighted by Gasteiger charge is 2.39. The van der Waals surface area contributed by atoms with Gasteiger partial charge in [0.05, 0.1) is 4.90 Å². The Bertz CT molecular complexity index is 1330. The van der Waals surface area contributed by atoms with Gasteiger partial charge in [0.25, 0.3) is 0 Å². The summed E-state index contributed by atoms with van der Waals surface area (Å²) < 4.78 is 44.9. The van der Waals surface area contributed by atoms with Gasteiger partial charge < -0.3 is 9.47 Å². The van der Waals surface area contributed by atoms with Crippen LogP contribution in [0.15, 0.2) is 117 Å². The molecule has 0 spiro atoms. The van der Waals surface area contributed by atoms with Crippen molar-refractivity contribution < 1.29 is 21.5 Å². The molecule has 0 saturated carbocycles. The van der Waals surface area contributed by atoms with Gasteiger partial charge in [-0.05, 0) is 91.7 Å². The number of pyridine rings is 2. The zero-order chi connectivity index (χ0) is 25.6. The summed E-state index contributed by atoms with van der Waals surface area (Å²) in [6.07, 6.45) is 6.12. The van der Waals surface area contributed by atoms with E-state index in [-0.39, 0.29) is 4.90 Å². The Hall–Kier alpha value is -3.24. The van der Waals surface area contributed by atoms with Gasteiger partial charge in [-0.2, -0.15) is 8.42 Å². The van der Waals surface area contributed by atoms with E-state index < -0.39 is 26.7 Å². The van der Waals surface area contributed by atoms with Crippen molar-refractivity contribution in [3.8, 4) is 5.75 Å². The quantitative estimate of drug-likeness (QED) is 0.230. The van der Waals surface area contributed by atoms with E-state index in [1.807, 2.05) is 45.0 Å². The summed E-state index contributed by atoms with van der Waals surface area (Å²) in [5.41, 5.74) is 0.948. The van der Waals surface area contributed by atoms with E-state index in [0.717, 1.165) is 5.56 Å². The van der Waals surface area contributed by atoms with Crippen molar-refractivity contribution in [3.05, 3.63) is 103 Å². The molecule has 4 rings (SSSR count). The molecule has 0 N–H and O–H groups in total. The Morgan fingerprint density at radius 3 is 1.83 bits per heavy atom. The zero-order valence-corrected chi connectivity index (χ0v) is 21.9. The van der Waals surface area contributed by atoms with Crippen LogP contribution in [-0.4, -0.2) is 31.3 Å². The van der Waals surface area contributed by atoms with Crippen molar-refractivity contribution in [1.82, 2.24) is 9.97 Å². The van der Waals surface area contributed by atoms with Crippen LogP contribution in [0.3, 0.4) is 0 Å². The molecular formula is C27H28N2O5S2. The minimum absolute atomic E-state index is 0.0725. The van der Waals surface area contributed by atoms with Crippen molar-refractivity contribution in [1.29, 1.82) is 0 Å². The number of aryl methyl sites for hydroxylation is 1. The van der Waals surface area contributed by atoms with E-state index in [1.54, 1.807) is 73.3 Å². The van der Waals surface area contributed by atoms with Gasteiger partial charge in [0.1, 0.15) is 5.75 Å². The largest absolute Gasteiger partial charge is 0.465 e. The molecule has 9 heteroatoms. The number of aromatic nitrogens is 2. The average Bonchev–Trinajstić information content (AvgIpc) is 2.89. The van der Waals surface area contributed by atoms with Crippen molar-refractivity contribution in [2.45, 2.75) is 46.6 Å². The van der Waals surface area contributed by atoms with Crippen molar-refractivity contribution in [2.24, 2.45) is 0 Å². The van der Waals surface area contributed by atoms with E-state index >= 15 is 0 Å². The second-order valence-corrected chi connectivity index (χ2v) is 12.3. The maximum Gasteiger partial charge on any atom is 0.307 e. The van der Waals surface area contributed by atoms with Crippen LogP contribution in [0.5, 0.6) is 5.75 Å². The molecule has 1 unspecified atom stereocenters. The minimum atomic E-state index is -4.19. The van der Waals surface area contributed by atoms with Crippen molar-refractivity contribution in [3.63, 3.8) is 0 Å². The minimum Gasteiger partial charge on any atom is -0.465 e. The van der Waals surface area contributed by atoms with Crippen LogP contribution in [-0.2, 0) is 18.5 Å². The summed E-state index contributed by atoms with van der Waals surface area (Å²) in [7, 11) is -6.99. The second kappa shape index (κ2) is 11.2. The molecule has 0 fully saturated rings. The van der Waals surface area contributed by atoms with Crippen LogP contribution in [0.2, 0.25) is 0 Å². The Labute approximate surface area is 213 Å².